The number of piperazine rings is 1. The Morgan fingerprint density at radius 3 is 2.43 bits per heavy atom. The normalized spacial score (nSPS) is 19.9. The van der Waals surface area contributed by atoms with Crippen LogP contribution in [0.2, 0.25) is 0 Å². The van der Waals surface area contributed by atoms with Crippen molar-refractivity contribution in [1.29, 1.82) is 0 Å². The van der Waals surface area contributed by atoms with Crippen molar-refractivity contribution >= 4 is 15.8 Å². The monoisotopic (exact) mass is 334 g/mol. The second kappa shape index (κ2) is 5.57. The Morgan fingerprint density at radius 1 is 1.04 bits per heavy atom. The molecule has 8 nitrogen and oxygen atoms in total. The van der Waals surface area contributed by atoms with Crippen LogP contribution in [-0.2, 0) is 10.0 Å². The minimum atomic E-state index is -3.08. The molecule has 4 rings (SSSR count). The fourth-order valence-electron chi connectivity index (χ4n) is 2.79. The Hall–Kier alpha value is -2.00. The third kappa shape index (κ3) is 2.81. The standard InChI is InChI=1S/C14H18N6O2S/c21-23(22,12-2-3-12)19-8-6-18(7-9-19)13-10-14(16-11-15-13)20-5-1-4-17-20/h1,4-5,10-12H,2-3,6-9H2. The lowest BCUT2D eigenvalue weighted by Gasteiger charge is -2.34. The molecule has 0 bridgehead atoms. The van der Waals surface area contributed by atoms with E-state index in [9.17, 15) is 8.42 Å². The maximum Gasteiger partial charge on any atom is 0.217 e. The average Bonchev–Trinajstić information content (AvgIpc) is 3.31. The van der Waals surface area contributed by atoms with E-state index >= 15 is 0 Å². The van der Waals surface area contributed by atoms with Gasteiger partial charge in [-0.15, -0.1) is 0 Å². The van der Waals surface area contributed by atoms with E-state index in [0.717, 1.165) is 18.7 Å². The summed E-state index contributed by atoms with van der Waals surface area (Å²) in [5.41, 5.74) is 0. The molecule has 0 atom stereocenters. The molecule has 1 aliphatic heterocycles. The molecule has 1 saturated carbocycles. The Morgan fingerprint density at radius 2 is 1.78 bits per heavy atom. The highest BCUT2D eigenvalue weighted by Crippen LogP contribution is 2.31. The fourth-order valence-corrected chi connectivity index (χ4v) is 4.61. The van der Waals surface area contributed by atoms with Crippen LogP contribution in [0.5, 0.6) is 0 Å². The van der Waals surface area contributed by atoms with Gasteiger partial charge in [-0.1, -0.05) is 0 Å². The number of hydrogen-bond donors (Lipinski definition) is 0. The lowest BCUT2D eigenvalue weighted by atomic mass is 10.3. The zero-order valence-corrected chi connectivity index (χ0v) is 13.4. The van der Waals surface area contributed by atoms with Crippen LogP contribution in [0.4, 0.5) is 5.82 Å². The molecular weight excluding hydrogens is 316 g/mol. The molecular formula is C14H18N6O2S. The van der Waals surface area contributed by atoms with Gasteiger partial charge in [0.15, 0.2) is 5.82 Å². The number of aromatic nitrogens is 4. The maximum atomic E-state index is 12.3. The van der Waals surface area contributed by atoms with Crippen LogP contribution >= 0.6 is 0 Å². The first-order chi connectivity index (χ1) is 11.1. The van der Waals surface area contributed by atoms with E-state index in [4.69, 9.17) is 0 Å². The van der Waals surface area contributed by atoms with Gasteiger partial charge in [0.1, 0.15) is 12.1 Å². The van der Waals surface area contributed by atoms with Gasteiger partial charge < -0.3 is 4.90 Å². The van der Waals surface area contributed by atoms with Crippen molar-refractivity contribution in [3.63, 3.8) is 0 Å². The number of sulfonamides is 1. The van der Waals surface area contributed by atoms with Gasteiger partial charge in [-0.05, 0) is 18.9 Å². The van der Waals surface area contributed by atoms with Crippen molar-refractivity contribution < 1.29 is 8.42 Å². The molecule has 0 unspecified atom stereocenters. The Bertz CT molecular complexity index is 779. The van der Waals surface area contributed by atoms with E-state index in [1.165, 1.54) is 6.33 Å². The predicted octanol–water partition coefficient (Wildman–Crippen LogP) is 0.276. The molecule has 2 aliphatic rings. The minimum Gasteiger partial charge on any atom is -0.354 e. The second-order valence-electron chi connectivity index (χ2n) is 5.82. The van der Waals surface area contributed by atoms with E-state index in [2.05, 4.69) is 20.0 Å². The van der Waals surface area contributed by atoms with Gasteiger partial charge in [0.25, 0.3) is 0 Å². The zero-order valence-electron chi connectivity index (χ0n) is 12.6. The molecule has 0 amide bonds. The molecule has 23 heavy (non-hydrogen) atoms. The Labute approximate surface area is 134 Å². The SMILES string of the molecule is O=S(=O)(C1CC1)N1CCN(c2cc(-n3cccn3)ncn2)CC1. The molecule has 122 valence electrons. The first kappa shape index (κ1) is 14.6. The fraction of sp³-hybridized carbons (Fsp3) is 0.500. The van der Waals surface area contributed by atoms with Crippen molar-refractivity contribution in [2.45, 2.75) is 18.1 Å². The molecule has 0 spiro atoms. The summed E-state index contributed by atoms with van der Waals surface area (Å²) in [6.45, 7) is 2.31. The molecule has 0 radical (unpaired) electrons. The second-order valence-corrected chi connectivity index (χ2v) is 8.03. The number of hydrogen-bond acceptors (Lipinski definition) is 6. The van der Waals surface area contributed by atoms with Gasteiger partial charge in [-0.3, -0.25) is 0 Å². The van der Waals surface area contributed by atoms with Crippen LogP contribution in [0.25, 0.3) is 5.82 Å². The van der Waals surface area contributed by atoms with Crippen LogP contribution in [-0.4, -0.2) is 63.9 Å². The lowest BCUT2D eigenvalue weighted by Crippen LogP contribution is -2.49. The van der Waals surface area contributed by atoms with Crippen LogP contribution in [0, 0.1) is 0 Å². The van der Waals surface area contributed by atoms with Gasteiger partial charge in [0.05, 0.1) is 5.25 Å². The molecule has 2 aromatic rings. The summed E-state index contributed by atoms with van der Waals surface area (Å²) < 4.78 is 27.8. The maximum absolute atomic E-state index is 12.3. The summed E-state index contributed by atoms with van der Waals surface area (Å²) in [4.78, 5) is 10.6. The molecule has 0 aromatic carbocycles. The predicted molar refractivity (Wildman–Crippen MR) is 84.9 cm³/mol. The topological polar surface area (TPSA) is 84.2 Å². The molecule has 1 aliphatic carbocycles. The Kier molecular flexibility index (Phi) is 3.53. The summed E-state index contributed by atoms with van der Waals surface area (Å²) in [7, 11) is -3.08. The first-order valence-electron chi connectivity index (χ1n) is 7.70. The summed E-state index contributed by atoms with van der Waals surface area (Å²) in [5, 5.41) is 4.02. The molecule has 1 saturated heterocycles. The molecule has 3 heterocycles. The average molecular weight is 334 g/mol. The van der Waals surface area contributed by atoms with E-state index in [1.54, 1.807) is 15.2 Å². The third-order valence-electron chi connectivity index (χ3n) is 4.25. The summed E-state index contributed by atoms with van der Waals surface area (Å²) in [5.74, 6) is 1.50. The van der Waals surface area contributed by atoms with Crippen molar-refractivity contribution in [1.82, 2.24) is 24.1 Å². The Balaban J connectivity index is 1.47. The first-order valence-corrected chi connectivity index (χ1v) is 9.21. The number of anilines is 1. The van der Waals surface area contributed by atoms with Gasteiger partial charge in [-0.25, -0.2) is 23.1 Å². The van der Waals surface area contributed by atoms with Gasteiger partial charge in [0.2, 0.25) is 10.0 Å². The molecule has 2 fully saturated rings. The highest BCUT2D eigenvalue weighted by Gasteiger charge is 2.41. The zero-order chi connectivity index (χ0) is 15.9. The van der Waals surface area contributed by atoms with E-state index in [-0.39, 0.29) is 5.25 Å². The van der Waals surface area contributed by atoms with Crippen molar-refractivity contribution in [2.75, 3.05) is 31.1 Å². The van der Waals surface area contributed by atoms with Crippen LogP contribution < -0.4 is 4.90 Å². The summed E-state index contributed by atoms with van der Waals surface area (Å²) in [6, 6.07) is 3.71. The lowest BCUT2D eigenvalue weighted by molar-refractivity contribution is 0.383. The van der Waals surface area contributed by atoms with Crippen LogP contribution in [0.3, 0.4) is 0 Å². The molecule has 2 aromatic heterocycles. The number of nitrogens with zero attached hydrogens (tertiary/aromatic N) is 6. The minimum absolute atomic E-state index is 0.139. The van der Waals surface area contributed by atoms with Crippen molar-refractivity contribution in [2.24, 2.45) is 0 Å². The molecule has 0 N–H and O–H groups in total. The van der Waals surface area contributed by atoms with E-state index in [1.807, 2.05) is 18.3 Å². The van der Waals surface area contributed by atoms with Crippen LogP contribution in [0.15, 0.2) is 30.9 Å². The largest absolute Gasteiger partial charge is 0.354 e. The van der Waals surface area contributed by atoms with E-state index in [0.29, 0.717) is 32.0 Å². The van der Waals surface area contributed by atoms with Gasteiger partial charge >= 0.3 is 0 Å². The summed E-state index contributed by atoms with van der Waals surface area (Å²) in [6.07, 6.45) is 6.65. The molecule has 9 heteroatoms. The van der Waals surface area contributed by atoms with Crippen molar-refractivity contribution in [3.05, 3.63) is 30.9 Å². The van der Waals surface area contributed by atoms with Crippen molar-refractivity contribution in [3.8, 4) is 5.82 Å². The smallest absolute Gasteiger partial charge is 0.217 e. The van der Waals surface area contributed by atoms with E-state index < -0.39 is 10.0 Å². The van der Waals surface area contributed by atoms with Crippen LogP contribution in [0.1, 0.15) is 12.8 Å². The van der Waals surface area contributed by atoms with Gasteiger partial charge in [0, 0.05) is 44.6 Å². The van der Waals surface area contributed by atoms with Gasteiger partial charge in [-0.2, -0.15) is 9.40 Å². The number of rotatable bonds is 4. The quantitative estimate of drug-likeness (QED) is 0.798. The highest BCUT2D eigenvalue weighted by atomic mass is 32.2. The third-order valence-corrected chi connectivity index (χ3v) is 6.64. The summed E-state index contributed by atoms with van der Waals surface area (Å²) >= 11 is 0. The highest BCUT2D eigenvalue weighted by molar-refractivity contribution is 7.90.